The molecule has 32 heteroatoms. The molecule has 480 valence electrons. The minimum absolute atomic E-state index is 0.00825. The number of carbonyl (C=O) groups is 12. The van der Waals surface area contributed by atoms with Gasteiger partial charge < -0.3 is 74.3 Å². The van der Waals surface area contributed by atoms with Gasteiger partial charge in [0.1, 0.15) is 59.3 Å². The number of rotatable bonds is 15. The number of aromatic hydroxyl groups is 1. The van der Waals surface area contributed by atoms with E-state index in [0.29, 0.717) is 36.1 Å². The van der Waals surface area contributed by atoms with Crippen LogP contribution in [0, 0.1) is 11.8 Å². The van der Waals surface area contributed by atoms with Gasteiger partial charge in [0.25, 0.3) is 0 Å². The van der Waals surface area contributed by atoms with Crippen molar-refractivity contribution in [1.29, 1.82) is 0 Å². The predicted octanol–water partition coefficient (Wildman–Crippen LogP) is -1.95. The monoisotopic (exact) mass is 1280 g/mol. The van der Waals surface area contributed by atoms with Gasteiger partial charge in [-0.3, -0.25) is 67.3 Å². The lowest BCUT2D eigenvalue weighted by atomic mass is 9.80. The van der Waals surface area contributed by atoms with Crippen LogP contribution >= 0.6 is 31.3 Å². The third-order valence-corrected chi connectivity index (χ3v) is 16.0. The summed E-state index contributed by atoms with van der Waals surface area (Å²) in [5.41, 5.74) is 10.3. The van der Waals surface area contributed by atoms with Crippen molar-refractivity contribution in [2.45, 2.75) is 146 Å². The lowest BCUT2D eigenvalue weighted by molar-refractivity contribution is -0.140. The summed E-state index contributed by atoms with van der Waals surface area (Å²) in [5.74, 6) is -11.9. The van der Waals surface area contributed by atoms with Gasteiger partial charge in [-0.2, -0.15) is 11.8 Å². The average molecular weight is 1280 g/mol. The van der Waals surface area contributed by atoms with Gasteiger partial charge >= 0.3 is 7.82 Å². The number of phenolic OH excluding ortho intramolecular Hbond substituents is 1. The first-order valence-corrected chi connectivity index (χ1v) is 32.3. The second kappa shape index (κ2) is 34.8. The summed E-state index contributed by atoms with van der Waals surface area (Å²) in [6.45, 7) is 5.71. The van der Waals surface area contributed by atoms with Crippen LogP contribution in [0.2, 0.25) is 0 Å². The molecule has 7 atom stereocenters. The average Bonchev–Trinajstić information content (AvgIpc) is 3.46. The molecule has 0 aromatic heterocycles. The molecule has 1 aliphatic heterocycles. The Balaban J connectivity index is 1.73. The second-order valence-electron chi connectivity index (χ2n) is 21.9. The van der Waals surface area contributed by atoms with Gasteiger partial charge in [-0.05, 0) is 84.9 Å². The Bertz CT molecular complexity index is 2820. The zero-order valence-corrected chi connectivity index (χ0v) is 51.6. The minimum atomic E-state index is -4.97. The fourth-order valence-corrected chi connectivity index (χ4v) is 11.1. The van der Waals surface area contributed by atoms with Gasteiger partial charge in [-0.25, -0.2) is 4.57 Å². The quantitative estimate of drug-likeness (QED) is 0.0862. The van der Waals surface area contributed by atoms with Crippen molar-refractivity contribution >= 4 is 102 Å². The number of amides is 12. The number of phosphoric acid groups is 1. The molecule has 12 amide bonds. The molecule has 4 rings (SSSR count). The van der Waals surface area contributed by atoms with E-state index >= 15 is 0 Å². The van der Waals surface area contributed by atoms with Crippen molar-refractivity contribution in [3.05, 3.63) is 59.7 Å². The first-order valence-electron chi connectivity index (χ1n) is 28.2. The number of primary amides is 2. The highest BCUT2D eigenvalue weighted by Gasteiger charge is 2.45. The lowest BCUT2D eigenvalue weighted by Gasteiger charge is -2.39. The van der Waals surface area contributed by atoms with E-state index in [1.54, 1.807) is 34.0 Å². The van der Waals surface area contributed by atoms with Crippen LogP contribution in [0.5, 0.6) is 11.5 Å². The van der Waals surface area contributed by atoms with Crippen LogP contribution < -0.4 is 69.2 Å². The zero-order chi connectivity index (χ0) is 64.6. The fraction of sp³-hybridized carbons (Fsp3) is 0.564. The molecule has 2 aromatic carbocycles. The number of nitrogens with one attached hydrogen (secondary N) is 10. The normalized spacial score (nSPS) is 23.6. The number of nitrogens with two attached hydrogens (primary N) is 2. The van der Waals surface area contributed by atoms with E-state index in [1.165, 1.54) is 60.3 Å². The molecule has 0 unspecified atom stereocenters. The minimum Gasteiger partial charge on any atom is -0.508 e. The van der Waals surface area contributed by atoms with Crippen LogP contribution in [-0.2, 0) is 74.9 Å². The molecule has 2 aliphatic rings. The highest BCUT2D eigenvalue weighted by Crippen LogP contribution is 2.37. The molecule has 29 nitrogen and oxygen atoms in total. The number of phosphoric ester groups is 1. The molecule has 87 heavy (non-hydrogen) atoms. The molecule has 2 fully saturated rings. The Labute approximate surface area is 512 Å². The first-order chi connectivity index (χ1) is 41.0. The molecule has 2 aromatic rings. The van der Waals surface area contributed by atoms with Gasteiger partial charge in [0, 0.05) is 31.6 Å². The highest BCUT2D eigenvalue weighted by atomic mass is 32.2. The maximum atomic E-state index is 14.7. The van der Waals surface area contributed by atoms with Crippen molar-refractivity contribution in [1.82, 2.24) is 53.2 Å². The largest absolute Gasteiger partial charge is 0.524 e. The van der Waals surface area contributed by atoms with Crippen LogP contribution in [0.1, 0.15) is 96.6 Å². The molecular formula is C55H81N12O17PS2. The van der Waals surface area contributed by atoms with E-state index in [-0.39, 0.29) is 80.4 Å². The van der Waals surface area contributed by atoms with E-state index in [9.17, 15) is 77.0 Å². The van der Waals surface area contributed by atoms with E-state index < -0.39 is 145 Å². The molecular weight excluding hydrogens is 1200 g/mol. The van der Waals surface area contributed by atoms with Gasteiger partial charge in [0.15, 0.2) is 0 Å². The second-order valence-corrected chi connectivity index (χ2v) is 25.1. The maximum absolute atomic E-state index is 14.7. The summed E-state index contributed by atoms with van der Waals surface area (Å²) >= 11 is 2.24. The Morgan fingerprint density at radius 3 is 1.80 bits per heavy atom. The predicted molar refractivity (Wildman–Crippen MR) is 320 cm³/mol. The Hall–Kier alpha value is -7.47. The summed E-state index contributed by atoms with van der Waals surface area (Å²) in [7, 11) is -4.97. The van der Waals surface area contributed by atoms with Gasteiger partial charge in [-0.15, -0.1) is 11.8 Å². The first kappa shape index (κ1) is 72.0. The molecule has 0 radical (unpaired) electrons. The topological polar surface area (TPSA) is 464 Å². The Morgan fingerprint density at radius 2 is 1.24 bits per heavy atom. The van der Waals surface area contributed by atoms with Crippen LogP contribution in [0.25, 0.3) is 0 Å². The smallest absolute Gasteiger partial charge is 0.508 e. The van der Waals surface area contributed by atoms with Crippen LogP contribution in [-0.4, -0.2) is 170 Å². The third kappa shape index (κ3) is 25.0. The van der Waals surface area contributed by atoms with E-state index in [0.717, 1.165) is 11.8 Å². The highest BCUT2D eigenvalue weighted by molar-refractivity contribution is 8.00. The molecule has 0 bridgehead atoms. The Morgan fingerprint density at radius 1 is 0.678 bits per heavy atom. The Kier molecular flexibility index (Phi) is 28.8. The van der Waals surface area contributed by atoms with Gasteiger partial charge in [0.05, 0.1) is 18.7 Å². The zero-order valence-electron chi connectivity index (χ0n) is 49.1. The number of hydrogen-bond acceptors (Lipinski definition) is 17. The number of benzene rings is 2. The van der Waals surface area contributed by atoms with Crippen molar-refractivity contribution in [2.24, 2.45) is 23.3 Å². The van der Waals surface area contributed by atoms with Crippen LogP contribution in [0.4, 0.5) is 0 Å². The molecule has 1 saturated heterocycles. The molecule has 17 N–H and O–H groups in total. The van der Waals surface area contributed by atoms with Crippen LogP contribution in [0.3, 0.4) is 0 Å². The van der Waals surface area contributed by atoms with Crippen molar-refractivity contribution in [3.8, 4) is 11.5 Å². The molecule has 1 saturated carbocycles. The van der Waals surface area contributed by atoms with Gasteiger partial charge in [0.2, 0.25) is 70.9 Å². The van der Waals surface area contributed by atoms with Crippen molar-refractivity contribution < 1.29 is 81.5 Å². The molecule has 1 spiro atoms. The van der Waals surface area contributed by atoms with Crippen molar-refractivity contribution in [3.63, 3.8) is 0 Å². The summed E-state index contributed by atoms with van der Waals surface area (Å²) in [6.07, 6.45) is 1.66. The van der Waals surface area contributed by atoms with Crippen molar-refractivity contribution in [2.75, 3.05) is 36.6 Å². The summed E-state index contributed by atoms with van der Waals surface area (Å²) in [4.78, 5) is 184. The molecule has 1 aliphatic carbocycles. The fourth-order valence-electron chi connectivity index (χ4n) is 9.37. The SMILES string of the molecule is CSCC[C@@H]1NC(=O)CNC(=O)[C@H](C(C)C)NC(=O)[C@H](CC(N)=O)NC(=O)C2(CCCCC2)NC(=O)[C@H](Cc2ccc(OP(=O)(O)O)cc2)NC(=O)[C@H](CC(C)C)NC(=O)CCNC(=O)CSC[C@@H](C(N)=O)NC(=O)[C@H](Cc2ccc(O)cc2)NC1=O. The van der Waals surface area contributed by atoms with E-state index in [2.05, 4.69) is 57.7 Å². The summed E-state index contributed by atoms with van der Waals surface area (Å²) < 4.78 is 16.2. The number of phenols is 1. The number of carbonyl (C=O) groups excluding carboxylic acids is 12. The third-order valence-electron chi connectivity index (χ3n) is 13.9. The summed E-state index contributed by atoms with van der Waals surface area (Å²) in [5, 5.41) is 35.8. The standard InChI is InChI=1S/C55H81N12O17PS2/c1-30(2)23-37-49(75)63-39(25-33-11-15-35(16-12-33)84-85(81,82)83)52(78)67-55(19-7-6-8-20-55)54(80)65-40(26-42(56)69)51(77)66-46(31(3)4)53(79)59-27-44(71)60-36(18-22-86-5)48(74)62-38(24-32-9-13-34(68)14-10-32)50(76)64-41(47(57)73)28-87-29-45(72)58-21-17-43(70)61-37/h9-16,30-31,36-41,46,68H,6-8,17-29H2,1-5H3,(H2,56,69)(H2,57,73)(H,58,72)(H,59,79)(H,60,71)(H,61,70)(H,62,74)(H,63,75)(H,64,76)(H,65,80)(H,66,77)(H,67,78)(H2,81,82,83)/t36-,37-,38-,39-,40-,41-,46-/m0/s1. The molecule has 1 heterocycles. The number of thioether (sulfide) groups is 2. The van der Waals surface area contributed by atoms with E-state index in [4.69, 9.17) is 11.5 Å². The van der Waals surface area contributed by atoms with Crippen LogP contribution in [0.15, 0.2) is 48.5 Å². The summed E-state index contributed by atoms with van der Waals surface area (Å²) in [6, 6.07) is 0.849. The van der Waals surface area contributed by atoms with Gasteiger partial charge in [-0.1, -0.05) is 71.2 Å². The maximum Gasteiger partial charge on any atom is 0.524 e. The number of hydrogen-bond donors (Lipinski definition) is 15. The van der Waals surface area contributed by atoms with E-state index in [1.807, 2.05) is 0 Å². The lowest BCUT2D eigenvalue weighted by Crippen LogP contribution is -2.66.